The van der Waals surface area contributed by atoms with Gasteiger partial charge in [0.05, 0.1) is 17.9 Å². The molecule has 1 aromatic carbocycles. The van der Waals surface area contributed by atoms with Gasteiger partial charge < -0.3 is 10.5 Å². The van der Waals surface area contributed by atoms with Crippen molar-refractivity contribution in [2.75, 3.05) is 11.5 Å². The molecule has 1 aliphatic rings. The molecule has 2 N–H and O–H groups in total. The molecule has 0 unspecified atom stereocenters. The summed E-state index contributed by atoms with van der Waals surface area (Å²) in [5.74, 6) is 0. The zero-order chi connectivity index (χ0) is 16.5. The first-order valence-electron chi connectivity index (χ1n) is 7.22. The molecule has 1 aliphatic heterocycles. The summed E-state index contributed by atoms with van der Waals surface area (Å²) in [6.45, 7) is 3.79. The Bertz CT molecular complexity index is 560. The number of alkyl halides is 3. The first kappa shape index (κ1) is 16.6. The third kappa shape index (κ3) is 3.04. The van der Waals surface area contributed by atoms with Crippen LogP contribution in [0.1, 0.15) is 43.9 Å². The van der Waals surface area contributed by atoms with Crippen LogP contribution in [-0.4, -0.2) is 18.7 Å². The Balaban J connectivity index is 2.49. The fraction of sp³-hybridized carbons (Fsp3) is 0.533. The molecule has 0 spiro atoms. The summed E-state index contributed by atoms with van der Waals surface area (Å²) >= 11 is 0. The summed E-state index contributed by atoms with van der Waals surface area (Å²) in [4.78, 5) is 13.6. The fourth-order valence-corrected chi connectivity index (χ4v) is 2.76. The van der Waals surface area contributed by atoms with Crippen molar-refractivity contribution in [3.63, 3.8) is 0 Å². The highest BCUT2D eigenvalue weighted by Crippen LogP contribution is 2.40. The quantitative estimate of drug-likeness (QED) is 0.901. The summed E-state index contributed by atoms with van der Waals surface area (Å²) in [6.07, 6.45) is -3.94. The summed E-state index contributed by atoms with van der Waals surface area (Å²) in [5, 5.41) is 0. The maximum absolute atomic E-state index is 12.9. The van der Waals surface area contributed by atoms with Crippen LogP contribution < -0.4 is 10.6 Å². The van der Waals surface area contributed by atoms with E-state index in [0.717, 1.165) is 12.1 Å². The number of fused-ring (bicyclic) bond motifs is 1. The number of benzene rings is 1. The van der Waals surface area contributed by atoms with E-state index in [1.54, 1.807) is 6.92 Å². The topological polar surface area (TPSA) is 55.6 Å². The molecule has 7 heteroatoms. The first-order chi connectivity index (χ1) is 10.3. The Hall–Kier alpha value is -1.76. The second kappa shape index (κ2) is 6.16. The van der Waals surface area contributed by atoms with Gasteiger partial charge in [-0.3, -0.25) is 4.90 Å². The predicted octanol–water partition coefficient (Wildman–Crippen LogP) is 3.85. The number of hydrogen-bond donors (Lipinski definition) is 1. The summed E-state index contributed by atoms with van der Waals surface area (Å²) in [5.41, 5.74) is 5.98. The Morgan fingerprint density at radius 2 is 2.09 bits per heavy atom. The average molecular weight is 316 g/mol. The van der Waals surface area contributed by atoms with Gasteiger partial charge in [0, 0.05) is 12.1 Å². The number of halogens is 3. The van der Waals surface area contributed by atoms with Crippen LogP contribution >= 0.6 is 0 Å². The highest BCUT2D eigenvalue weighted by Gasteiger charge is 2.37. The molecule has 2 atom stereocenters. The molecule has 0 saturated heterocycles. The van der Waals surface area contributed by atoms with Gasteiger partial charge in [-0.25, -0.2) is 4.79 Å². The lowest BCUT2D eigenvalue weighted by molar-refractivity contribution is -0.137. The van der Waals surface area contributed by atoms with E-state index in [-0.39, 0.29) is 12.6 Å². The van der Waals surface area contributed by atoms with E-state index in [4.69, 9.17) is 10.5 Å². The number of anilines is 1. The smallest absolute Gasteiger partial charge is 0.416 e. The van der Waals surface area contributed by atoms with Gasteiger partial charge in [-0.05, 0) is 43.5 Å². The predicted molar refractivity (Wildman–Crippen MR) is 76.6 cm³/mol. The van der Waals surface area contributed by atoms with Crippen molar-refractivity contribution >= 4 is 11.8 Å². The van der Waals surface area contributed by atoms with Crippen molar-refractivity contribution in [1.29, 1.82) is 0 Å². The molecule has 0 aliphatic carbocycles. The molecule has 4 nitrogen and oxygen atoms in total. The van der Waals surface area contributed by atoms with Gasteiger partial charge in [-0.1, -0.05) is 6.92 Å². The maximum atomic E-state index is 12.9. The summed E-state index contributed by atoms with van der Waals surface area (Å²) in [6, 6.07) is 2.58. The summed E-state index contributed by atoms with van der Waals surface area (Å²) in [7, 11) is 0. The minimum absolute atomic E-state index is 0.182. The second-order valence-corrected chi connectivity index (χ2v) is 5.24. The SMILES string of the molecule is CCOC(=O)N1c2ccc(C(F)(F)F)cc2[C@H](N)C[C@@H]1CC. The number of amides is 1. The van der Waals surface area contributed by atoms with E-state index < -0.39 is 23.9 Å². The van der Waals surface area contributed by atoms with E-state index in [9.17, 15) is 18.0 Å². The van der Waals surface area contributed by atoms with Crippen LogP contribution in [0.5, 0.6) is 0 Å². The average Bonchev–Trinajstić information content (AvgIpc) is 2.45. The van der Waals surface area contributed by atoms with Gasteiger partial charge in [-0.2, -0.15) is 13.2 Å². The maximum Gasteiger partial charge on any atom is 0.416 e. The number of nitrogens with zero attached hydrogens (tertiary/aromatic N) is 1. The van der Waals surface area contributed by atoms with Crippen LogP contribution in [0.4, 0.5) is 23.7 Å². The molecule has 0 bridgehead atoms. The van der Waals surface area contributed by atoms with Crippen LogP contribution in [-0.2, 0) is 10.9 Å². The minimum atomic E-state index is -4.44. The van der Waals surface area contributed by atoms with Crippen molar-refractivity contribution in [3.8, 4) is 0 Å². The number of rotatable bonds is 2. The lowest BCUT2D eigenvalue weighted by atomic mass is 9.89. The molecular formula is C15H19F3N2O2. The minimum Gasteiger partial charge on any atom is -0.449 e. The van der Waals surface area contributed by atoms with Gasteiger partial charge in [0.15, 0.2) is 0 Å². The molecule has 1 amide bonds. The van der Waals surface area contributed by atoms with Crippen molar-refractivity contribution in [1.82, 2.24) is 0 Å². The third-order valence-electron chi connectivity index (χ3n) is 3.84. The molecule has 0 aromatic heterocycles. The van der Waals surface area contributed by atoms with Crippen LogP contribution in [0.25, 0.3) is 0 Å². The highest BCUT2D eigenvalue weighted by molar-refractivity contribution is 5.90. The van der Waals surface area contributed by atoms with Crippen LogP contribution in [0.15, 0.2) is 18.2 Å². The monoisotopic (exact) mass is 316 g/mol. The van der Waals surface area contributed by atoms with Crippen LogP contribution in [0.3, 0.4) is 0 Å². The van der Waals surface area contributed by atoms with E-state index in [0.29, 0.717) is 24.1 Å². The normalized spacial score (nSPS) is 21.5. The molecule has 122 valence electrons. The standard InChI is InChI=1S/C15H19F3N2O2/c1-3-10-8-12(19)11-7-9(15(16,17)18)5-6-13(11)20(10)14(21)22-4-2/h5-7,10,12H,3-4,8,19H2,1-2H3/t10-,12+/m0/s1. The molecule has 0 fully saturated rings. The van der Waals surface area contributed by atoms with Crippen LogP contribution in [0, 0.1) is 0 Å². The van der Waals surface area contributed by atoms with E-state index in [1.807, 2.05) is 6.92 Å². The highest BCUT2D eigenvalue weighted by atomic mass is 19.4. The van der Waals surface area contributed by atoms with Crippen molar-refractivity contribution in [2.24, 2.45) is 5.73 Å². The van der Waals surface area contributed by atoms with Gasteiger partial charge >= 0.3 is 12.3 Å². The largest absolute Gasteiger partial charge is 0.449 e. The zero-order valence-corrected chi connectivity index (χ0v) is 12.5. The fourth-order valence-electron chi connectivity index (χ4n) is 2.76. The molecule has 2 rings (SSSR count). The van der Waals surface area contributed by atoms with Crippen molar-refractivity contribution < 1.29 is 22.7 Å². The van der Waals surface area contributed by atoms with Gasteiger partial charge in [0.25, 0.3) is 0 Å². The molecule has 0 saturated carbocycles. The molecule has 22 heavy (non-hydrogen) atoms. The number of hydrogen-bond acceptors (Lipinski definition) is 3. The Morgan fingerprint density at radius 1 is 1.41 bits per heavy atom. The Labute approximate surface area is 127 Å². The Kier molecular flexibility index (Phi) is 4.65. The molecule has 0 radical (unpaired) electrons. The van der Waals surface area contributed by atoms with Crippen molar-refractivity contribution in [2.45, 2.75) is 44.9 Å². The lowest BCUT2D eigenvalue weighted by Crippen LogP contribution is -2.46. The molecule has 1 heterocycles. The Morgan fingerprint density at radius 3 is 2.64 bits per heavy atom. The second-order valence-electron chi connectivity index (χ2n) is 5.24. The molecular weight excluding hydrogens is 297 g/mol. The van der Waals surface area contributed by atoms with E-state index in [2.05, 4.69) is 0 Å². The number of carbonyl (C=O) groups excluding carboxylic acids is 1. The lowest BCUT2D eigenvalue weighted by Gasteiger charge is -2.39. The summed E-state index contributed by atoms with van der Waals surface area (Å²) < 4.78 is 43.6. The number of ether oxygens (including phenoxy) is 1. The van der Waals surface area contributed by atoms with E-state index in [1.165, 1.54) is 11.0 Å². The first-order valence-corrected chi connectivity index (χ1v) is 7.22. The zero-order valence-electron chi connectivity index (χ0n) is 12.5. The van der Waals surface area contributed by atoms with Crippen LogP contribution in [0.2, 0.25) is 0 Å². The van der Waals surface area contributed by atoms with E-state index >= 15 is 0 Å². The third-order valence-corrected chi connectivity index (χ3v) is 3.84. The van der Waals surface area contributed by atoms with Gasteiger partial charge in [0.1, 0.15) is 0 Å². The van der Waals surface area contributed by atoms with Crippen molar-refractivity contribution in [3.05, 3.63) is 29.3 Å². The number of nitrogens with two attached hydrogens (primary N) is 1. The molecule has 1 aromatic rings. The van der Waals surface area contributed by atoms with Gasteiger partial charge in [0.2, 0.25) is 0 Å². The van der Waals surface area contributed by atoms with Gasteiger partial charge in [-0.15, -0.1) is 0 Å². The number of carbonyl (C=O) groups is 1.